The maximum atomic E-state index is 14.0. The molecule has 0 spiro atoms. The number of alkyl halides is 3. The Balaban J connectivity index is 1.47. The molecule has 5 rings (SSSR count). The first kappa shape index (κ1) is 27.7. The molecule has 7 nitrogen and oxygen atoms in total. The van der Waals surface area contributed by atoms with E-state index < -0.39 is 47.4 Å². The summed E-state index contributed by atoms with van der Waals surface area (Å²) in [4.78, 5) is 41.1. The van der Waals surface area contributed by atoms with Crippen molar-refractivity contribution >= 4 is 28.5 Å². The van der Waals surface area contributed by atoms with Crippen LogP contribution in [0.3, 0.4) is 0 Å². The minimum Gasteiger partial charge on any atom is -0.336 e. The van der Waals surface area contributed by atoms with Crippen molar-refractivity contribution in [2.45, 2.75) is 51.5 Å². The van der Waals surface area contributed by atoms with Gasteiger partial charge in [-0.3, -0.25) is 14.4 Å². The predicted molar refractivity (Wildman–Crippen MR) is 141 cm³/mol. The summed E-state index contributed by atoms with van der Waals surface area (Å²) in [5, 5.41) is 16.5. The third-order valence-electron chi connectivity index (χ3n) is 8.54. The summed E-state index contributed by atoms with van der Waals surface area (Å²) in [6.07, 6.45) is -0.196. The Kier molecular flexibility index (Phi) is 6.89. The number of hydrogen-bond donors (Lipinski definition) is 2. The average Bonchev–Trinajstić information content (AvgIpc) is 3.61. The first-order valence-corrected chi connectivity index (χ1v) is 13.4. The first-order valence-electron chi connectivity index (χ1n) is 13.4. The molecule has 2 aromatic rings. The third-order valence-corrected chi connectivity index (χ3v) is 8.54. The molecule has 2 aliphatic carbocycles. The topological polar surface area (TPSA) is 102 Å². The summed E-state index contributed by atoms with van der Waals surface area (Å²) in [5.74, 6) is -3.54. The number of hydrogen-bond acceptors (Lipinski definition) is 4. The molecule has 1 heterocycles. The minimum absolute atomic E-state index is 0.0354. The van der Waals surface area contributed by atoms with Crippen LogP contribution in [0.15, 0.2) is 54.6 Å². The lowest BCUT2D eigenvalue weighted by atomic mass is 9.81. The molecule has 10 heteroatoms. The zero-order valence-corrected chi connectivity index (χ0v) is 22.4. The number of fused-ring (bicyclic) bond motifs is 6. The maximum Gasteiger partial charge on any atom is 0.471 e. The van der Waals surface area contributed by atoms with E-state index in [1.165, 1.54) is 4.90 Å². The zero-order chi connectivity index (χ0) is 29.0. The van der Waals surface area contributed by atoms with E-state index in [0.717, 1.165) is 17.2 Å². The number of nitrogens with zero attached hydrogens (tertiary/aromatic N) is 2. The summed E-state index contributed by atoms with van der Waals surface area (Å²) in [5.41, 5.74) is -0.453. The average molecular weight is 553 g/mol. The van der Waals surface area contributed by atoms with E-state index in [9.17, 15) is 32.8 Å². The largest absolute Gasteiger partial charge is 0.471 e. The van der Waals surface area contributed by atoms with Crippen molar-refractivity contribution in [2.24, 2.45) is 29.1 Å². The van der Waals surface area contributed by atoms with Crippen LogP contribution >= 0.6 is 0 Å². The third kappa shape index (κ3) is 4.82. The zero-order valence-electron chi connectivity index (χ0n) is 22.4. The van der Waals surface area contributed by atoms with Gasteiger partial charge in [0.05, 0.1) is 6.07 Å². The van der Waals surface area contributed by atoms with Crippen molar-refractivity contribution in [1.82, 2.24) is 15.5 Å². The summed E-state index contributed by atoms with van der Waals surface area (Å²) in [7, 11) is 0. The van der Waals surface area contributed by atoms with Gasteiger partial charge >= 0.3 is 12.1 Å². The quantitative estimate of drug-likeness (QED) is 0.541. The second-order valence-electron chi connectivity index (χ2n) is 12.0. The van der Waals surface area contributed by atoms with Gasteiger partial charge in [0, 0.05) is 6.54 Å². The summed E-state index contributed by atoms with van der Waals surface area (Å²) in [6.45, 7) is 4.88. The van der Waals surface area contributed by atoms with Crippen LogP contribution < -0.4 is 10.6 Å². The van der Waals surface area contributed by atoms with E-state index in [1.807, 2.05) is 41.7 Å². The lowest BCUT2D eigenvalue weighted by Crippen LogP contribution is -2.60. The standard InChI is InChI=1S/C30H31F3N4O3/c1-29(2,3)25(36-28(40)30(31,32)33)27(39)37-15-21-17-11-12-18(13-17)23(21)24(37)26(38)35-22(14-34)20-10-6-8-16-7-4-5-9-19(16)20/h4-12,17-18,21-25H,13,15H2,1-3H3,(H,35,38)(H,36,40)/t17-,18+,21-,22?,23+,24+,25-/m1/s1. The van der Waals surface area contributed by atoms with Gasteiger partial charge in [-0.2, -0.15) is 18.4 Å². The molecule has 1 aliphatic heterocycles. The molecule has 2 bridgehead atoms. The number of carbonyl (C=O) groups excluding carboxylic acids is 3. The molecule has 0 aromatic heterocycles. The highest BCUT2D eigenvalue weighted by atomic mass is 19.4. The number of rotatable bonds is 5. The van der Waals surface area contributed by atoms with Crippen LogP contribution in [0.4, 0.5) is 13.2 Å². The molecule has 0 radical (unpaired) electrons. The van der Waals surface area contributed by atoms with Crippen LogP contribution in [0.5, 0.6) is 0 Å². The molecule has 2 fully saturated rings. The number of carbonyl (C=O) groups is 3. The Morgan fingerprint density at radius 2 is 1.68 bits per heavy atom. The van der Waals surface area contributed by atoms with Gasteiger partial charge in [0.1, 0.15) is 18.1 Å². The summed E-state index contributed by atoms with van der Waals surface area (Å²) >= 11 is 0. The number of halogens is 3. The van der Waals surface area contributed by atoms with E-state index in [-0.39, 0.29) is 30.2 Å². The highest BCUT2D eigenvalue weighted by molar-refractivity contribution is 5.95. The van der Waals surface area contributed by atoms with E-state index in [4.69, 9.17) is 0 Å². The SMILES string of the molecule is CC(C)(C)[C@H](NC(=O)C(F)(F)F)C(=O)N1C[C@H]2[C@@H]([C@H]1C(=O)NC(C#N)c1cccc3ccccc13)[C@H]1C=C[C@@H]2C1. The van der Waals surface area contributed by atoms with E-state index in [2.05, 4.69) is 17.5 Å². The molecule has 210 valence electrons. The molecule has 1 saturated heterocycles. The predicted octanol–water partition coefficient (Wildman–Crippen LogP) is 4.26. The Labute approximate surface area is 230 Å². The van der Waals surface area contributed by atoms with E-state index in [0.29, 0.717) is 5.56 Å². The van der Waals surface area contributed by atoms with Crippen molar-refractivity contribution in [1.29, 1.82) is 5.26 Å². The van der Waals surface area contributed by atoms with Crippen LogP contribution in [0.25, 0.3) is 10.8 Å². The molecule has 3 aliphatic rings. The van der Waals surface area contributed by atoms with Gasteiger partial charge in [-0.15, -0.1) is 0 Å². The fraction of sp³-hybridized carbons (Fsp3) is 0.467. The molecule has 40 heavy (non-hydrogen) atoms. The van der Waals surface area contributed by atoms with Gasteiger partial charge in [-0.05, 0) is 51.8 Å². The van der Waals surface area contributed by atoms with Crippen molar-refractivity contribution < 1.29 is 27.6 Å². The van der Waals surface area contributed by atoms with Crippen molar-refractivity contribution in [3.63, 3.8) is 0 Å². The normalized spacial score (nSPS) is 26.7. The smallest absolute Gasteiger partial charge is 0.336 e. The highest BCUT2D eigenvalue weighted by Crippen LogP contribution is 2.54. The first-order chi connectivity index (χ1) is 18.8. The van der Waals surface area contributed by atoms with Crippen LogP contribution in [-0.2, 0) is 14.4 Å². The number of nitriles is 1. The van der Waals surface area contributed by atoms with Crippen molar-refractivity contribution in [2.75, 3.05) is 6.54 Å². The Hall–Kier alpha value is -3.87. The van der Waals surface area contributed by atoms with Crippen LogP contribution in [-0.4, -0.2) is 47.4 Å². The fourth-order valence-corrected chi connectivity index (χ4v) is 6.72. The van der Waals surface area contributed by atoms with Gasteiger partial charge in [0.25, 0.3) is 0 Å². The van der Waals surface area contributed by atoms with Crippen LogP contribution in [0.2, 0.25) is 0 Å². The highest BCUT2D eigenvalue weighted by Gasteiger charge is 2.59. The monoisotopic (exact) mass is 552 g/mol. The lowest BCUT2D eigenvalue weighted by molar-refractivity contribution is -0.176. The molecule has 1 saturated carbocycles. The minimum atomic E-state index is -5.16. The number of nitrogens with one attached hydrogen (secondary N) is 2. The van der Waals surface area contributed by atoms with Gasteiger partial charge in [-0.1, -0.05) is 75.4 Å². The second kappa shape index (κ2) is 9.95. The number of benzene rings is 2. The van der Waals surface area contributed by atoms with Crippen molar-refractivity contribution in [3.05, 3.63) is 60.2 Å². The molecule has 2 N–H and O–H groups in total. The Morgan fingerprint density at radius 1 is 1.00 bits per heavy atom. The second-order valence-corrected chi connectivity index (χ2v) is 12.0. The maximum absolute atomic E-state index is 14.0. The van der Waals surface area contributed by atoms with Gasteiger partial charge in [0.2, 0.25) is 11.8 Å². The van der Waals surface area contributed by atoms with Gasteiger partial charge in [-0.25, -0.2) is 0 Å². The van der Waals surface area contributed by atoms with E-state index in [1.54, 1.807) is 32.9 Å². The molecule has 7 atom stereocenters. The van der Waals surface area contributed by atoms with E-state index >= 15 is 0 Å². The molecular formula is C30H31F3N4O3. The number of likely N-dealkylation sites (tertiary alicyclic amines) is 1. The molecule has 3 amide bonds. The van der Waals surface area contributed by atoms with Gasteiger partial charge in [0.15, 0.2) is 0 Å². The van der Waals surface area contributed by atoms with Gasteiger partial charge < -0.3 is 15.5 Å². The fourth-order valence-electron chi connectivity index (χ4n) is 6.72. The lowest BCUT2D eigenvalue weighted by Gasteiger charge is -2.37. The van der Waals surface area contributed by atoms with Crippen LogP contribution in [0.1, 0.15) is 38.8 Å². The Morgan fingerprint density at radius 3 is 2.35 bits per heavy atom. The number of allylic oxidation sites excluding steroid dienone is 2. The summed E-state index contributed by atoms with van der Waals surface area (Å²) < 4.78 is 39.5. The summed E-state index contributed by atoms with van der Waals surface area (Å²) in [6, 6.07) is 11.6. The Bertz CT molecular complexity index is 1420. The van der Waals surface area contributed by atoms with Crippen LogP contribution in [0, 0.1) is 40.4 Å². The van der Waals surface area contributed by atoms with Crippen molar-refractivity contribution in [3.8, 4) is 6.07 Å². The number of amides is 3. The molecule has 2 aromatic carbocycles. The molecular weight excluding hydrogens is 521 g/mol. The molecule has 1 unspecified atom stereocenters.